The fourth-order valence-corrected chi connectivity index (χ4v) is 1.06. The molecule has 1 rings (SSSR count). The third kappa shape index (κ3) is 2.81. The van der Waals surface area contributed by atoms with Crippen LogP contribution in [0, 0.1) is 0 Å². The highest BCUT2D eigenvalue weighted by atomic mass is 35.5. The second-order valence-corrected chi connectivity index (χ2v) is 2.93. The van der Waals surface area contributed by atoms with Crippen molar-refractivity contribution >= 4 is 11.6 Å². The second-order valence-electron chi connectivity index (χ2n) is 2.49. The Morgan fingerprint density at radius 3 is 3.08 bits per heavy atom. The second kappa shape index (κ2) is 4.45. The SMILES string of the molecule is COCC(O)Cn1cc(Cl)cn1. The van der Waals surface area contributed by atoms with Crippen LogP contribution in [0.4, 0.5) is 0 Å². The van der Waals surface area contributed by atoms with E-state index in [2.05, 4.69) is 5.10 Å². The van der Waals surface area contributed by atoms with Gasteiger partial charge in [0.15, 0.2) is 0 Å². The number of aromatic nitrogens is 2. The fraction of sp³-hybridized carbons (Fsp3) is 0.571. The van der Waals surface area contributed by atoms with Crippen LogP contribution >= 0.6 is 11.6 Å². The molecule has 1 aromatic heterocycles. The van der Waals surface area contributed by atoms with E-state index < -0.39 is 6.10 Å². The van der Waals surface area contributed by atoms with Crippen molar-refractivity contribution in [3.05, 3.63) is 17.4 Å². The quantitative estimate of drug-likeness (QED) is 0.754. The highest BCUT2D eigenvalue weighted by Gasteiger charge is 2.04. The summed E-state index contributed by atoms with van der Waals surface area (Å²) >= 11 is 5.62. The lowest BCUT2D eigenvalue weighted by Crippen LogP contribution is -2.21. The largest absolute Gasteiger partial charge is 0.389 e. The van der Waals surface area contributed by atoms with E-state index in [1.807, 2.05) is 0 Å². The van der Waals surface area contributed by atoms with E-state index in [0.29, 0.717) is 18.2 Å². The molecule has 0 bridgehead atoms. The van der Waals surface area contributed by atoms with E-state index >= 15 is 0 Å². The molecule has 0 aliphatic heterocycles. The van der Waals surface area contributed by atoms with Crippen molar-refractivity contribution in [1.82, 2.24) is 9.78 Å². The molecule has 0 saturated carbocycles. The Hall–Kier alpha value is -0.580. The van der Waals surface area contributed by atoms with Gasteiger partial charge in [0, 0.05) is 13.3 Å². The maximum atomic E-state index is 9.28. The van der Waals surface area contributed by atoms with E-state index in [1.54, 1.807) is 18.0 Å². The van der Waals surface area contributed by atoms with Crippen LogP contribution in [0.5, 0.6) is 0 Å². The zero-order valence-electron chi connectivity index (χ0n) is 6.77. The molecule has 1 N–H and O–H groups in total. The van der Waals surface area contributed by atoms with Crippen molar-refractivity contribution in [1.29, 1.82) is 0 Å². The minimum absolute atomic E-state index is 0.303. The monoisotopic (exact) mass is 190 g/mol. The fourth-order valence-electron chi connectivity index (χ4n) is 0.899. The normalized spacial score (nSPS) is 13.2. The van der Waals surface area contributed by atoms with Crippen LogP contribution in [0.15, 0.2) is 12.4 Å². The molecule has 0 radical (unpaired) electrons. The Kier molecular flexibility index (Phi) is 3.52. The van der Waals surface area contributed by atoms with Crippen LogP contribution in [0.25, 0.3) is 0 Å². The number of nitrogens with zero attached hydrogens (tertiary/aromatic N) is 2. The van der Waals surface area contributed by atoms with Crippen LogP contribution in [0.1, 0.15) is 0 Å². The molecule has 1 heterocycles. The topological polar surface area (TPSA) is 47.3 Å². The molecule has 0 aliphatic carbocycles. The summed E-state index contributed by atoms with van der Waals surface area (Å²) in [5.41, 5.74) is 0. The van der Waals surface area contributed by atoms with Crippen LogP contribution < -0.4 is 0 Å². The van der Waals surface area contributed by atoms with Gasteiger partial charge >= 0.3 is 0 Å². The van der Waals surface area contributed by atoms with Gasteiger partial charge in [-0.15, -0.1) is 0 Å². The minimum Gasteiger partial charge on any atom is -0.389 e. The lowest BCUT2D eigenvalue weighted by Gasteiger charge is -2.08. The standard InChI is InChI=1S/C7H11ClN2O2/c1-12-5-7(11)4-10-3-6(8)2-9-10/h2-3,7,11H,4-5H2,1H3. The lowest BCUT2D eigenvalue weighted by molar-refractivity contribution is 0.0514. The Labute approximate surface area is 75.7 Å². The molecule has 4 nitrogen and oxygen atoms in total. The molecule has 1 unspecified atom stereocenters. The van der Waals surface area contributed by atoms with Crippen molar-refractivity contribution in [2.24, 2.45) is 0 Å². The number of ether oxygens (including phenoxy) is 1. The number of hydrogen-bond acceptors (Lipinski definition) is 3. The van der Waals surface area contributed by atoms with E-state index in [1.165, 1.54) is 6.20 Å². The van der Waals surface area contributed by atoms with Crippen LogP contribution in [-0.4, -0.2) is 34.7 Å². The maximum Gasteiger partial charge on any atom is 0.0968 e. The van der Waals surface area contributed by atoms with Crippen molar-refractivity contribution in [3.8, 4) is 0 Å². The zero-order valence-corrected chi connectivity index (χ0v) is 7.53. The molecule has 0 spiro atoms. The van der Waals surface area contributed by atoms with Gasteiger partial charge in [-0.2, -0.15) is 5.10 Å². The van der Waals surface area contributed by atoms with Gasteiger partial charge in [0.1, 0.15) is 0 Å². The summed E-state index contributed by atoms with van der Waals surface area (Å²) in [5.74, 6) is 0. The highest BCUT2D eigenvalue weighted by molar-refractivity contribution is 6.30. The van der Waals surface area contributed by atoms with Gasteiger partial charge in [-0.3, -0.25) is 4.68 Å². The third-order valence-electron chi connectivity index (χ3n) is 1.36. The maximum absolute atomic E-state index is 9.28. The van der Waals surface area contributed by atoms with Crippen molar-refractivity contribution < 1.29 is 9.84 Å². The molecular formula is C7H11ClN2O2. The Morgan fingerprint density at radius 1 is 1.83 bits per heavy atom. The predicted octanol–water partition coefficient (Wildman–Crippen LogP) is 0.544. The van der Waals surface area contributed by atoms with Gasteiger partial charge in [0.2, 0.25) is 0 Å². The van der Waals surface area contributed by atoms with E-state index in [-0.39, 0.29) is 0 Å². The van der Waals surface area contributed by atoms with E-state index in [0.717, 1.165) is 0 Å². The van der Waals surface area contributed by atoms with Gasteiger partial charge in [-0.25, -0.2) is 0 Å². The number of methoxy groups -OCH3 is 1. The minimum atomic E-state index is -0.536. The predicted molar refractivity (Wildman–Crippen MR) is 45.1 cm³/mol. The first-order chi connectivity index (χ1) is 5.72. The Balaban J connectivity index is 2.41. The summed E-state index contributed by atoms with van der Waals surface area (Å²) in [7, 11) is 1.54. The smallest absolute Gasteiger partial charge is 0.0968 e. The first-order valence-electron chi connectivity index (χ1n) is 3.57. The Morgan fingerprint density at radius 2 is 2.58 bits per heavy atom. The van der Waals surface area contributed by atoms with Gasteiger partial charge in [0.05, 0.1) is 30.5 Å². The van der Waals surface area contributed by atoms with Crippen molar-refractivity contribution in [3.63, 3.8) is 0 Å². The number of rotatable bonds is 4. The first-order valence-corrected chi connectivity index (χ1v) is 3.95. The summed E-state index contributed by atoms with van der Waals surface area (Å²) in [6.07, 6.45) is 2.65. The van der Waals surface area contributed by atoms with Gasteiger partial charge in [0.25, 0.3) is 0 Å². The van der Waals surface area contributed by atoms with Crippen molar-refractivity contribution in [2.45, 2.75) is 12.6 Å². The highest BCUT2D eigenvalue weighted by Crippen LogP contribution is 2.04. The van der Waals surface area contributed by atoms with Crippen LogP contribution in [0.2, 0.25) is 5.02 Å². The molecule has 0 fully saturated rings. The molecule has 0 saturated heterocycles. The molecule has 0 aromatic carbocycles. The molecule has 0 aliphatic rings. The van der Waals surface area contributed by atoms with Crippen LogP contribution in [0.3, 0.4) is 0 Å². The molecule has 68 valence electrons. The molecule has 5 heteroatoms. The zero-order chi connectivity index (χ0) is 8.97. The average Bonchev–Trinajstić information content (AvgIpc) is 2.36. The Bertz CT molecular complexity index is 239. The number of halogens is 1. The summed E-state index contributed by atoms with van der Waals surface area (Å²) < 4.78 is 6.33. The summed E-state index contributed by atoms with van der Waals surface area (Å²) in [5, 5.41) is 13.8. The molecule has 12 heavy (non-hydrogen) atoms. The third-order valence-corrected chi connectivity index (χ3v) is 1.55. The van der Waals surface area contributed by atoms with Crippen molar-refractivity contribution in [2.75, 3.05) is 13.7 Å². The van der Waals surface area contributed by atoms with Gasteiger partial charge in [-0.05, 0) is 0 Å². The van der Waals surface area contributed by atoms with Crippen LogP contribution in [-0.2, 0) is 11.3 Å². The van der Waals surface area contributed by atoms with E-state index in [9.17, 15) is 5.11 Å². The summed E-state index contributed by atoms with van der Waals surface area (Å²) in [6.45, 7) is 0.706. The van der Waals surface area contributed by atoms with Gasteiger partial charge < -0.3 is 9.84 Å². The number of aliphatic hydroxyl groups is 1. The molecular weight excluding hydrogens is 180 g/mol. The summed E-state index contributed by atoms with van der Waals surface area (Å²) in [6, 6.07) is 0. The average molecular weight is 191 g/mol. The van der Waals surface area contributed by atoms with Gasteiger partial charge in [-0.1, -0.05) is 11.6 Å². The van der Waals surface area contributed by atoms with E-state index in [4.69, 9.17) is 16.3 Å². The summed E-state index contributed by atoms with van der Waals surface area (Å²) in [4.78, 5) is 0. The first kappa shape index (κ1) is 9.51. The number of aliphatic hydroxyl groups excluding tert-OH is 1. The lowest BCUT2D eigenvalue weighted by atomic mass is 10.4. The molecule has 1 aromatic rings. The number of hydrogen-bond donors (Lipinski definition) is 1. The molecule has 1 atom stereocenters. The molecule has 0 amide bonds.